The largest absolute Gasteiger partial charge is 0.480 e. The number of ether oxygens (including phenoxy) is 2. The number of aryl methyl sites for hydroxylation is 1. The van der Waals surface area contributed by atoms with Gasteiger partial charge in [0.15, 0.2) is 0 Å². The predicted molar refractivity (Wildman–Crippen MR) is 92.9 cm³/mol. The van der Waals surface area contributed by atoms with Gasteiger partial charge in [-0.3, -0.25) is 9.78 Å². The molecule has 0 saturated heterocycles. The number of thioether (sulfide) groups is 1. The van der Waals surface area contributed by atoms with Crippen molar-refractivity contribution in [2.75, 3.05) is 12.9 Å². The van der Waals surface area contributed by atoms with Crippen molar-refractivity contribution in [1.82, 2.24) is 35.5 Å². The number of aromatic nitrogens is 6. The highest BCUT2D eigenvalue weighted by Gasteiger charge is 2.24. The van der Waals surface area contributed by atoms with Crippen molar-refractivity contribution < 1.29 is 14.3 Å². The van der Waals surface area contributed by atoms with Crippen LogP contribution in [0, 0.1) is 0 Å². The van der Waals surface area contributed by atoms with E-state index >= 15 is 0 Å². The Balaban J connectivity index is 1.39. The standard InChI is InChI=1S/C15H21N7O3S/c1-22-15(19-20-21-22)26-9-12(23)17-10-3-5-11(6-4-10)25-14-8-16-7-13(18-14)24-2/h7-8,10-11H,3-6,9H2,1-2H3,(H,17,23). The van der Waals surface area contributed by atoms with E-state index in [2.05, 4.69) is 30.8 Å². The van der Waals surface area contributed by atoms with Crippen LogP contribution < -0.4 is 14.8 Å². The molecule has 0 aromatic carbocycles. The molecule has 10 nitrogen and oxygen atoms in total. The second kappa shape index (κ2) is 8.79. The van der Waals surface area contributed by atoms with E-state index in [0.717, 1.165) is 25.7 Å². The molecular weight excluding hydrogens is 358 g/mol. The number of nitrogens with zero attached hydrogens (tertiary/aromatic N) is 6. The molecule has 2 aromatic rings. The summed E-state index contributed by atoms with van der Waals surface area (Å²) in [7, 11) is 3.29. The normalized spacial score (nSPS) is 19.8. The zero-order chi connectivity index (χ0) is 18.4. The Labute approximate surface area is 155 Å². The van der Waals surface area contributed by atoms with Crippen LogP contribution in [0.25, 0.3) is 0 Å². The molecular formula is C15H21N7O3S. The zero-order valence-corrected chi connectivity index (χ0v) is 15.5. The van der Waals surface area contributed by atoms with Gasteiger partial charge in [0.25, 0.3) is 0 Å². The Bertz CT molecular complexity index is 734. The van der Waals surface area contributed by atoms with Crippen LogP contribution in [0.4, 0.5) is 0 Å². The molecule has 0 unspecified atom stereocenters. The van der Waals surface area contributed by atoms with Crippen LogP contribution in [-0.2, 0) is 11.8 Å². The Morgan fingerprint density at radius 3 is 2.77 bits per heavy atom. The summed E-state index contributed by atoms with van der Waals surface area (Å²) in [6.07, 6.45) is 6.62. The van der Waals surface area contributed by atoms with E-state index in [4.69, 9.17) is 9.47 Å². The van der Waals surface area contributed by atoms with Gasteiger partial charge < -0.3 is 14.8 Å². The summed E-state index contributed by atoms with van der Waals surface area (Å²) in [5, 5.41) is 14.8. The monoisotopic (exact) mass is 379 g/mol. The average molecular weight is 379 g/mol. The molecule has 26 heavy (non-hydrogen) atoms. The number of rotatable bonds is 7. The molecule has 11 heteroatoms. The SMILES string of the molecule is COc1cncc(OC2CCC(NC(=O)CSc3nnnn3C)CC2)n1. The summed E-state index contributed by atoms with van der Waals surface area (Å²) < 4.78 is 12.5. The van der Waals surface area contributed by atoms with Gasteiger partial charge in [-0.25, -0.2) is 4.68 Å². The lowest BCUT2D eigenvalue weighted by atomic mass is 9.93. The van der Waals surface area contributed by atoms with E-state index in [1.54, 1.807) is 25.0 Å². The van der Waals surface area contributed by atoms with Crippen molar-refractivity contribution in [3.63, 3.8) is 0 Å². The number of carbonyl (C=O) groups is 1. The third-order valence-corrected chi connectivity index (χ3v) is 5.05. The third-order valence-electron chi connectivity index (χ3n) is 4.04. The van der Waals surface area contributed by atoms with Crippen molar-refractivity contribution in [3.8, 4) is 11.8 Å². The smallest absolute Gasteiger partial charge is 0.235 e. The third kappa shape index (κ3) is 5.04. The van der Waals surface area contributed by atoms with E-state index in [-0.39, 0.29) is 18.1 Å². The fraction of sp³-hybridized carbons (Fsp3) is 0.600. The molecule has 1 amide bonds. The fourth-order valence-corrected chi connectivity index (χ4v) is 3.39. The van der Waals surface area contributed by atoms with Crippen LogP contribution in [0.1, 0.15) is 25.7 Å². The first-order valence-electron chi connectivity index (χ1n) is 8.31. The van der Waals surface area contributed by atoms with Crippen LogP contribution >= 0.6 is 11.8 Å². The number of tetrazole rings is 1. The van der Waals surface area contributed by atoms with Crippen molar-refractivity contribution in [3.05, 3.63) is 12.4 Å². The Morgan fingerprint density at radius 1 is 1.31 bits per heavy atom. The fourth-order valence-electron chi connectivity index (χ4n) is 2.72. The second-order valence-corrected chi connectivity index (χ2v) is 6.87. The molecule has 0 atom stereocenters. The summed E-state index contributed by atoms with van der Waals surface area (Å²) in [5.74, 6) is 1.18. The minimum atomic E-state index is -0.0129. The summed E-state index contributed by atoms with van der Waals surface area (Å²) in [6, 6.07) is 0.164. The summed E-state index contributed by atoms with van der Waals surface area (Å²) >= 11 is 1.32. The molecule has 1 saturated carbocycles. The second-order valence-electron chi connectivity index (χ2n) is 5.93. The van der Waals surface area contributed by atoms with Crippen molar-refractivity contribution >= 4 is 17.7 Å². The first-order valence-corrected chi connectivity index (χ1v) is 9.30. The first-order chi connectivity index (χ1) is 12.6. The van der Waals surface area contributed by atoms with E-state index < -0.39 is 0 Å². The number of hydrogen-bond acceptors (Lipinski definition) is 9. The van der Waals surface area contributed by atoms with Crippen LogP contribution in [0.3, 0.4) is 0 Å². The zero-order valence-electron chi connectivity index (χ0n) is 14.7. The summed E-state index contributed by atoms with van der Waals surface area (Å²) in [6.45, 7) is 0. The Kier molecular flexibility index (Phi) is 6.21. The van der Waals surface area contributed by atoms with Gasteiger partial charge in [0, 0.05) is 13.1 Å². The van der Waals surface area contributed by atoms with Gasteiger partial charge in [0.2, 0.25) is 22.8 Å². The van der Waals surface area contributed by atoms with Gasteiger partial charge in [-0.1, -0.05) is 11.8 Å². The number of nitrogens with one attached hydrogen (secondary N) is 1. The molecule has 2 aromatic heterocycles. The highest BCUT2D eigenvalue weighted by molar-refractivity contribution is 7.99. The molecule has 0 radical (unpaired) electrons. The van der Waals surface area contributed by atoms with Crippen LogP contribution in [-0.4, -0.2) is 61.1 Å². The maximum atomic E-state index is 12.1. The van der Waals surface area contributed by atoms with Crippen LogP contribution in [0.2, 0.25) is 0 Å². The number of amides is 1. The maximum Gasteiger partial charge on any atom is 0.235 e. The highest BCUT2D eigenvalue weighted by atomic mass is 32.2. The average Bonchev–Trinajstić information content (AvgIpc) is 3.07. The minimum Gasteiger partial charge on any atom is -0.480 e. The van der Waals surface area contributed by atoms with E-state index in [0.29, 0.717) is 22.7 Å². The number of carbonyl (C=O) groups excluding carboxylic acids is 1. The number of hydrogen-bond donors (Lipinski definition) is 1. The van der Waals surface area contributed by atoms with Gasteiger partial charge in [-0.2, -0.15) is 4.98 Å². The Morgan fingerprint density at radius 2 is 2.08 bits per heavy atom. The molecule has 0 aliphatic heterocycles. The molecule has 1 N–H and O–H groups in total. The van der Waals surface area contributed by atoms with Crippen molar-refractivity contribution in [2.24, 2.45) is 7.05 Å². The summed E-state index contributed by atoms with van der Waals surface area (Å²) in [4.78, 5) is 20.3. The Hall–Kier alpha value is -2.43. The molecule has 3 rings (SSSR count). The predicted octanol–water partition coefficient (Wildman–Crippen LogP) is 0.607. The quantitative estimate of drug-likeness (QED) is 0.690. The van der Waals surface area contributed by atoms with Crippen LogP contribution in [0.15, 0.2) is 17.6 Å². The van der Waals surface area contributed by atoms with E-state index in [9.17, 15) is 4.79 Å². The topological polar surface area (TPSA) is 117 Å². The lowest BCUT2D eigenvalue weighted by molar-refractivity contribution is -0.119. The molecule has 2 heterocycles. The molecule has 1 fully saturated rings. The van der Waals surface area contributed by atoms with Crippen molar-refractivity contribution in [2.45, 2.75) is 43.0 Å². The van der Waals surface area contributed by atoms with Crippen molar-refractivity contribution in [1.29, 1.82) is 0 Å². The minimum absolute atomic E-state index is 0.0129. The molecule has 1 aliphatic rings. The molecule has 140 valence electrons. The lowest BCUT2D eigenvalue weighted by Crippen LogP contribution is -2.40. The summed E-state index contributed by atoms with van der Waals surface area (Å²) in [5.41, 5.74) is 0. The number of methoxy groups -OCH3 is 1. The van der Waals surface area contributed by atoms with Crippen LogP contribution in [0.5, 0.6) is 11.8 Å². The molecule has 1 aliphatic carbocycles. The molecule has 0 bridgehead atoms. The van der Waals surface area contributed by atoms with Gasteiger partial charge in [-0.15, -0.1) is 5.10 Å². The highest BCUT2D eigenvalue weighted by Crippen LogP contribution is 2.23. The lowest BCUT2D eigenvalue weighted by Gasteiger charge is -2.29. The van der Waals surface area contributed by atoms with Gasteiger partial charge >= 0.3 is 0 Å². The molecule has 0 spiro atoms. The maximum absolute atomic E-state index is 12.1. The van der Waals surface area contributed by atoms with E-state index in [1.165, 1.54) is 18.0 Å². The first kappa shape index (κ1) is 18.4. The van der Waals surface area contributed by atoms with E-state index in [1.807, 2.05) is 0 Å². The van der Waals surface area contributed by atoms with Gasteiger partial charge in [0.05, 0.1) is 25.3 Å². The van der Waals surface area contributed by atoms with Gasteiger partial charge in [-0.05, 0) is 36.1 Å². The van der Waals surface area contributed by atoms with Gasteiger partial charge in [0.1, 0.15) is 6.10 Å².